The molecule has 0 aromatic heterocycles. The molecule has 0 heterocycles. The van der Waals surface area contributed by atoms with Crippen LogP contribution < -0.4 is 11.1 Å². The summed E-state index contributed by atoms with van der Waals surface area (Å²) in [6.45, 7) is 13.6. The van der Waals surface area contributed by atoms with E-state index in [1.807, 2.05) is 51.1 Å². The van der Waals surface area contributed by atoms with Crippen molar-refractivity contribution in [2.45, 2.75) is 20.8 Å². The number of hydrogen-bond donors (Lipinski definition) is 2. The minimum atomic E-state index is 0.692. The second-order valence-corrected chi connectivity index (χ2v) is 4.74. The summed E-state index contributed by atoms with van der Waals surface area (Å²) < 4.78 is 0. The van der Waals surface area contributed by atoms with Crippen LogP contribution in [0.4, 0.5) is 5.69 Å². The van der Waals surface area contributed by atoms with Gasteiger partial charge in [-0.05, 0) is 56.2 Å². The summed E-state index contributed by atoms with van der Waals surface area (Å²) in [5.74, 6) is 0. The van der Waals surface area contributed by atoms with Crippen LogP contribution in [0.25, 0.3) is 5.57 Å². The van der Waals surface area contributed by atoms with Crippen LogP contribution in [0.5, 0.6) is 0 Å². The van der Waals surface area contributed by atoms with Gasteiger partial charge < -0.3 is 11.1 Å². The van der Waals surface area contributed by atoms with Crippen molar-refractivity contribution >= 4 is 11.3 Å². The Bertz CT molecular complexity index is 548. The van der Waals surface area contributed by atoms with Gasteiger partial charge in [-0.2, -0.15) is 0 Å². The summed E-state index contributed by atoms with van der Waals surface area (Å²) in [4.78, 5) is 0. The zero-order valence-corrected chi connectivity index (χ0v) is 12.0. The third kappa shape index (κ3) is 4.88. The van der Waals surface area contributed by atoms with Gasteiger partial charge in [0.05, 0.1) is 0 Å². The molecule has 3 N–H and O–H groups in total. The first-order valence-electron chi connectivity index (χ1n) is 6.23. The van der Waals surface area contributed by atoms with Crippen molar-refractivity contribution in [3.8, 4) is 0 Å². The third-order valence-electron chi connectivity index (χ3n) is 2.70. The van der Waals surface area contributed by atoms with Crippen LogP contribution >= 0.6 is 0 Å². The first kappa shape index (κ1) is 14.8. The van der Waals surface area contributed by atoms with E-state index in [0.717, 1.165) is 28.1 Å². The van der Waals surface area contributed by atoms with E-state index in [2.05, 4.69) is 24.5 Å². The number of rotatable bonds is 5. The van der Waals surface area contributed by atoms with Crippen molar-refractivity contribution in [3.05, 3.63) is 72.1 Å². The molecule has 1 rings (SSSR count). The van der Waals surface area contributed by atoms with Gasteiger partial charge in [0.15, 0.2) is 0 Å². The predicted octanol–water partition coefficient (Wildman–Crippen LogP) is 4.45. The summed E-state index contributed by atoms with van der Waals surface area (Å²) in [6.07, 6.45) is 3.80. The van der Waals surface area contributed by atoms with Crippen LogP contribution in [0.3, 0.4) is 0 Å². The SMILES string of the molecule is C=C(C)/C(N)=C\C=C(/C)Nc1cccc(C(=C)C)c1. The van der Waals surface area contributed by atoms with Crippen LogP contribution in [0.1, 0.15) is 26.3 Å². The Morgan fingerprint density at radius 2 is 1.84 bits per heavy atom. The topological polar surface area (TPSA) is 38.0 Å². The van der Waals surface area contributed by atoms with Crippen LogP contribution in [-0.2, 0) is 0 Å². The van der Waals surface area contributed by atoms with Crippen LogP contribution in [0, 0.1) is 0 Å². The van der Waals surface area contributed by atoms with E-state index >= 15 is 0 Å². The highest BCUT2D eigenvalue weighted by Crippen LogP contribution is 2.18. The van der Waals surface area contributed by atoms with Crippen molar-refractivity contribution in [1.82, 2.24) is 0 Å². The maximum atomic E-state index is 5.80. The molecule has 0 unspecified atom stereocenters. The van der Waals surface area contributed by atoms with E-state index in [0.29, 0.717) is 5.70 Å². The van der Waals surface area contributed by atoms with Crippen molar-refractivity contribution in [2.24, 2.45) is 5.73 Å². The van der Waals surface area contributed by atoms with Gasteiger partial charge in [-0.25, -0.2) is 0 Å². The molecule has 0 bridgehead atoms. The highest BCUT2D eigenvalue weighted by Gasteiger charge is 1.96. The second-order valence-electron chi connectivity index (χ2n) is 4.74. The second kappa shape index (κ2) is 6.64. The van der Waals surface area contributed by atoms with E-state index in [1.165, 1.54) is 0 Å². The molecular weight excluding hydrogens is 232 g/mol. The van der Waals surface area contributed by atoms with E-state index in [9.17, 15) is 0 Å². The molecule has 0 amide bonds. The van der Waals surface area contributed by atoms with Crippen molar-refractivity contribution < 1.29 is 0 Å². The van der Waals surface area contributed by atoms with Gasteiger partial charge in [-0.15, -0.1) is 0 Å². The molecule has 0 saturated heterocycles. The van der Waals surface area contributed by atoms with Gasteiger partial charge in [0.25, 0.3) is 0 Å². The molecule has 2 nitrogen and oxygen atoms in total. The highest BCUT2D eigenvalue weighted by atomic mass is 14.9. The molecule has 19 heavy (non-hydrogen) atoms. The van der Waals surface area contributed by atoms with Crippen molar-refractivity contribution in [3.63, 3.8) is 0 Å². The van der Waals surface area contributed by atoms with Gasteiger partial charge in [-0.1, -0.05) is 30.9 Å². The van der Waals surface area contributed by atoms with E-state index in [4.69, 9.17) is 5.73 Å². The largest absolute Gasteiger partial charge is 0.399 e. The lowest BCUT2D eigenvalue weighted by Crippen LogP contribution is -1.98. The zero-order chi connectivity index (χ0) is 14.4. The molecule has 0 aliphatic rings. The van der Waals surface area contributed by atoms with Gasteiger partial charge >= 0.3 is 0 Å². The van der Waals surface area contributed by atoms with Gasteiger partial charge in [0.1, 0.15) is 0 Å². The number of anilines is 1. The first-order valence-corrected chi connectivity index (χ1v) is 6.23. The summed E-state index contributed by atoms with van der Waals surface area (Å²) in [7, 11) is 0. The smallest absolute Gasteiger partial charge is 0.0387 e. The van der Waals surface area contributed by atoms with Gasteiger partial charge in [0, 0.05) is 17.1 Å². The average Bonchev–Trinajstić information content (AvgIpc) is 2.36. The normalized spacial score (nSPS) is 12.2. The minimum absolute atomic E-state index is 0.692. The molecule has 0 aliphatic carbocycles. The lowest BCUT2D eigenvalue weighted by atomic mass is 10.1. The first-order chi connectivity index (χ1) is 8.90. The fraction of sp³-hybridized carbons (Fsp3) is 0.176. The summed E-state index contributed by atoms with van der Waals surface area (Å²) in [5, 5.41) is 3.32. The summed E-state index contributed by atoms with van der Waals surface area (Å²) in [5.41, 5.74) is 11.6. The Morgan fingerprint density at radius 1 is 1.16 bits per heavy atom. The van der Waals surface area contributed by atoms with Crippen LogP contribution in [0.15, 0.2) is 66.5 Å². The molecule has 0 radical (unpaired) electrons. The number of nitrogens with one attached hydrogen (secondary N) is 1. The average molecular weight is 254 g/mol. The quantitative estimate of drug-likeness (QED) is 0.762. The van der Waals surface area contributed by atoms with Crippen LogP contribution in [-0.4, -0.2) is 0 Å². The molecular formula is C17H22N2. The maximum Gasteiger partial charge on any atom is 0.0387 e. The zero-order valence-electron chi connectivity index (χ0n) is 12.0. The fourth-order valence-corrected chi connectivity index (χ4v) is 1.49. The van der Waals surface area contributed by atoms with E-state index in [1.54, 1.807) is 0 Å². The molecule has 0 fully saturated rings. The monoisotopic (exact) mass is 254 g/mol. The van der Waals surface area contributed by atoms with Crippen LogP contribution in [0.2, 0.25) is 0 Å². The molecule has 1 aromatic carbocycles. The van der Waals surface area contributed by atoms with Gasteiger partial charge in [-0.3, -0.25) is 0 Å². The van der Waals surface area contributed by atoms with E-state index in [-0.39, 0.29) is 0 Å². The Labute approximate surface area is 116 Å². The molecule has 0 saturated carbocycles. The Kier molecular flexibility index (Phi) is 5.19. The Morgan fingerprint density at radius 3 is 2.42 bits per heavy atom. The molecule has 0 atom stereocenters. The lowest BCUT2D eigenvalue weighted by molar-refractivity contribution is 1.29. The Balaban J connectivity index is 2.82. The summed E-state index contributed by atoms with van der Waals surface area (Å²) in [6, 6.07) is 8.16. The minimum Gasteiger partial charge on any atom is -0.399 e. The summed E-state index contributed by atoms with van der Waals surface area (Å²) >= 11 is 0. The number of hydrogen-bond acceptors (Lipinski definition) is 2. The number of nitrogens with two attached hydrogens (primary N) is 1. The molecule has 1 aromatic rings. The van der Waals surface area contributed by atoms with Crippen molar-refractivity contribution in [1.29, 1.82) is 0 Å². The Hall–Kier alpha value is -2.22. The van der Waals surface area contributed by atoms with Crippen molar-refractivity contribution in [2.75, 3.05) is 5.32 Å². The number of allylic oxidation sites excluding steroid dienone is 5. The predicted molar refractivity (Wildman–Crippen MR) is 85.6 cm³/mol. The molecule has 0 aliphatic heterocycles. The highest BCUT2D eigenvalue weighted by molar-refractivity contribution is 5.66. The third-order valence-corrected chi connectivity index (χ3v) is 2.70. The molecule has 0 spiro atoms. The maximum absolute atomic E-state index is 5.80. The number of benzene rings is 1. The molecule has 2 heteroatoms. The lowest BCUT2D eigenvalue weighted by Gasteiger charge is -2.08. The fourth-order valence-electron chi connectivity index (χ4n) is 1.49. The van der Waals surface area contributed by atoms with E-state index < -0.39 is 0 Å². The molecule has 100 valence electrons. The standard InChI is InChI=1S/C17H22N2/c1-12(2)15-7-6-8-16(11-15)19-14(5)9-10-17(18)13(3)4/h6-11,19H,1,3,18H2,2,4-5H3/b14-9+,17-10+. The van der Waals surface area contributed by atoms with Gasteiger partial charge in [0.2, 0.25) is 0 Å².